The van der Waals surface area contributed by atoms with Gasteiger partial charge < -0.3 is 20.0 Å². The number of nitrogens with zero attached hydrogens (tertiary/aromatic N) is 2. The van der Waals surface area contributed by atoms with Crippen molar-refractivity contribution in [3.8, 4) is 0 Å². The van der Waals surface area contributed by atoms with Crippen molar-refractivity contribution in [2.45, 2.75) is 18.9 Å². The van der Waals surface area contributed by atoms with Crippen LogP contribution in [0.5, 0.6) is 0 Å². The lowest BCUT2D eigenvalue weighted by molar-refractivity contribution is 0.0904. The number of rotatable bonds is 3. The van der Waals surface area contributed by atoms with Gasteiger partial charge in [0, 0.05) is 31.6 Å². The van der Waals surface area contributed by atoms with Crippen molar-refractivity contribution in [1.29, 1.82) is 0 Å². The first-order valence-electron chi connectivity index (χ1n) is 7.81. The number of carbonyl (C=O) groups is 1. The summed E-state index contributed by atoms with van der Waals surface area (Å²) < 4.78 is 5.40. The fraction of sp³-hybridized carbons (Fsp3) is 0.500. The van der Waals surface area contributed by atoms with Crippen LogP contribution in [0.3, 0.4) is 0 Å². The van der Waals surface area contributed by atoms with Gasteiger partial charge in [-0.05, 0) is 31.4 Å². The number of aromatic nitrogens is 1. The molecule has 116 valence electrons. The lowest BCUT2D eigenvalue weighted by Gasteiger charge is -2.30. The number of hydrogen-bond donors (Lipinski definition) is 2. The summed E-state index contributed by atoms with van der Waals surface area (Å²) in [5, 5.41) is 7.08. The molecule has 4 rings (SSSR count). The van der Waals surface area contributed by atoms with E-state index in [2.05, 4.69) is 20.5 Å². The van der Waals surface area contributed by atoms with E-state index in [1.165, 1.54) is 19.5 Å². The molecule has 2 N–H and O–H groups in total. The summed E-state index contributed by atoms with van der Waals surface area (Å²) in [4.78, 5) is 19.1. The Labute approximate surface area is 128 Å². The van der Waals surface area contributed by atoms with E-state index in [0.29, 0.717) is 11.3 Å². The summed E-state index contributed by atoms with van der Waals surface area (Å²) in [6.07, 6.45) is 5.59. The highest BCUT2D eigenvalue weighted by Crippen LogP contribution is 2.27. The van der Waals surface area contributed by atoms with E-state index in [1.807, 2.05) is 7.05 Å². The van der Waals surface area contributed by atoms with E-state index in [0.717, 1.165) is 30.0 Å². The van der Waals surface area contributed by atoms with Crippen molar-refractivity contribution in [1.82, 2.24) is 15.2 Å². The predicted molar refractivity (Wildman–Crippen MR) is 84.0 cm³/mol. The number of amides is 1. The van der Waals surface area contributed by atoms with Crippen molar-refractivity contribution in [3.05, 3.63) is 24.2 Å². The molecule has 0 radical (unpaired) electrons. The van der Waals surface area contributed by atoms with Gasteiger partial charge in [-0.1, -0.05) is 0 Å². The van der Waals surface area contributed by atoms with Gasteiger partial charge in [0.15, 0.2) is 5.58 Å². The van der Waals surface area contributed by atoms with E-state index in [9.17, 15) is 4.79 Å². The van der Waals surface area contributed by atoms with Crippen molar-refractivity contribution >= 4 is 22.6 Å². The molecule has 0 spiro atoms. The van der Waals surface area contributed by atoms with E-state index >= 15 is 0 Å². The molecule has 2 aliphatic rings. The van der Waals surface area contributed by atoms with E-state index < -0.39 is 0 Å². The largest absolute Gasteiger partial charge is 0.460 e. The number of carbonyl (C=O) groups excluding carboxylic acids is 1. The average molecular weight is 300 g/mol. The van der Waals surface area contributed by atoms with Gasteiger partial charge in [0.2, 0.25) is 0 Å². The molecule has 2 aromatic heterocycles. The number of piperidine rings is 1. The Morgan fingerprint density at radius 3 is 3.18 bits per heavy atom. The predicted octanol–water partition coefficient (Wildman–Crippen LogP) is 1.69. The van der Waals surface area contributed by atoms with Crippen LogP contribution in [0.2, 0.25) is 0 Å². The quantitative estimate of drug-likeness (QED) is 0.903. The Kier molecular flexibility index (Phi) is 3.26. The first-order valence-corrected chi connectivity index (χ1v) is 7.81. The lowest BCUT2D eigenvalue weighted by Crippen LogP contribution is -2.47. The minimum absolute atomic E-state index is 0.0994. The first kappa shape index (κ1) is 13.6. The molecule has 2 aliphatic heterocycles. The molecule has 0 saturated carbocycles. The maximum absolute atomic E-state index is 12.5. The van der Waals surface area contributed by atoms with Crippen molar-refractivity contribution in [2.24, 2.45) is 5.92 Å². The summed E-state index contributed by atoms with van der Waals surface area (Å²) in [7, 11) is 1.83. The molecular weight excluding hydrogens is 280 g/mol. The molecule has 4 heterocycles. The standard InChI is InChI=1S/C16H20N4O2/c1-17-14-9-22-15-6-18-13(5-12(14)15)16(21)19-11-4-10-2-3-20(7-10)8-11/h5-6,9-11,17H,2-4,7-8H2,1H3,(H,19,21)/t10-,11-/m1/s1. The first-order chi connectivity index (χ1) is 10.7. The van der Waals surface area contributed by atoms with Gasteiger partial charge in [0.1, 0.15) is 12.0 Å². The Morgan fingerprint density at radius 2 is 2.36 bits per heavy atom. The third kappa shape index (κ3) is 2.33. The average Bonchev–Trinajstić information content (AvgIpc) is 3.09. The molecule has 2 bridgehead atoms. The summed E-state index contributed by atoms with van der Waals surface area (Å²) in [5.74, 6) is 0.636. The Balaban J connectivity index is 1.52. The number of hydrogen-bond acceptors (Lipinski definition) is 5. The molecule has 6 nitrogen and oxygen atoms in total. The van der Waals surface area contributed by atoms with Crippen LogP contribution in [-0.2, 0) is 0 Å². The normalized spacial score (nSPS) is 27.0. The van der Waals surface area contributed by atoms with Crippen LogP contribution in [0.4, 0.5) is 5.69 Å². The molecule has 2 saturated heterocycles. The molecule has 3 atom stereocenters. The van der Waals surface area contributed by atoms with Crippen molar-refractivity contribution < 1.29 is 9.21 Å². The molecule has 1 unspecified atom stereocenters. The van der Waals surface area contributed by atoms with Crippen molar-refractivity contribution in [2.75, 3.05) is 32.0 Å². The van der Waals surface area contributed by atoms with Crippen LogP contribution in [0, 0.1) is 5.92 Å². The molecule has 2 fully saturated rings. The Morgan fingerprint density at radius 1 is 1.45 bits per heavy atom. The van der Waals surface area contributed by atoms with E-state index in [-0.39, 0.29) is 11.9 Å². The highest BCUT2D eigenvalue weighted by atomic mass is 16.3. The second-order valence-electron chi connectivity index (χ2n) is 6.29. The molecule has 0 aromatic carbocycles. The third-order valence-electron chi connectivity index (χ3n) is 4.76. The second-order valence-corrected chi connectivity index (χ2v) is 6.29. The number of nitrogens with one attached hydrogen (secondary N) is 2. The molecule has 1 amide bonds. The number of anilines is 1. The topological polar surface area (TPSA) is 70.4 Å². The maximum Gasteiger partial charge on any atom is 0.270 e. The van der Waals surface area contributed by atoms with Gasteiger partial charge in [-0.3, -0.25) is 4.79 Å². The zero-order chi connectivity index (χ0) is 15.1. The summed E-state index contributed by atoms with van der Waals surface area (Å²) in [6, 6.07) is 2.02. The van der Waals surface area contributed by atoms with E-state index in [4.69, 9.17) is 4.42 Å². The highest BCUT2D eigenvalue weighted by Gasteiger charge is 2.33. The molecular formula is C16H20N4O2. The summed E-state index contributed by atoms with van der Waals surface area (Å²) in [6.45, 7) is 3.32. The highest BCUT2D eigenvalue weighted by molar-refractivity contribution is 5.98. The number of pyridine rings is 1. The minimum Gasteiger partial charge on any atom is -0.460 e. The molecule has 0 aliphatic carbocycles. The van der Waals surface area contributed by atoms with Gasteiger partial charge in [-0.25, -0.2) is 4.98 Å². The Bertz CT molecular complexity index is 699. The lowest BCUT2D eigenvalue weighted by atomic mass is 9.97. The number of furan rings is 1. The maximum atomic E-state index is 12.5. The zero-order valence-corrected chi connectivity index (χ0v) is 12.6. The number of fused-ring (bicyclic) bond motifs is 3. The Hall–Kier alpha value is -2.08. The van der Waals surface area contributed by atoms with Gasteiger partial charge in [0.05, 0.1) is 11.9 Å². The third-order valence-corrected chi connectivity index (χ3v) is 4.76. The van der Waals surface area contributed by atoms with Gasteiger partial charge >= 0.3 is 0 Å². The van der Waals surface area contributed by atoms with Crippen LogP contribution >= 0.6 is 0 Å². The van der Waals surface area contributed by atoms with Gasteiger partial charge in [-0.2, -0.15) is 0 Å². The summed E-state index contributed by atoms with van der Waals surface area (Å²) in [5.41, 5.74) is 1.99. The van der Waals surface area contributed by atoms with Crippen LogP contribution in [0.1, 0.15) is 23.3 Å². The van der Waals surface area contributed by atoms with Gasteiger partial charge in [-0.15, -0.1) is 0 Å². The van der Waals surface area contributed by atoms with Crippen LogP contribution in [-0.4, -0.2) is 48.5 Å². The van der Waals surface area contributed by atoms with Crippen LogP contribution in [0.25, 0.3) is 11.0 Å². The van der Waals surface area contributed by atoms with Gasteiger partial charge in [0.25, 0.3) is 5.91 Å². The van der Waals surface area contributed by atoms with E-state index in [1.54, 1.807) is 18.5 Å². The molecule has 22 heavy (non-hydrogen) atoms. The van der Waals surface area contributed by atoms with Crippen molar-refractivity contribution in [3.63, 3.8) is 0 Å². The SMILES string of the molecule is CNc1coc2cnc(C(=O)N[C@@H]3C[C@H]4CCN(C4)C3)cc12. The van der Waals surface area contributed by atoms with Crippen LogP contribution < -0.4 is 10.6 Å². The molecule has 2 aromatic rings. The monoisotopic (exact) mass is 300 g/mol. The van der Waals surface area contributed by atoms with Crippen LogP contribution in [0.15, 0.2) is 22.9 Å². The summed E-state index contributed by atoms with van der Waals surface area (Å²) >= 11 is 0. The molecule has 6 heteroatoms. The second kappa shape index (κ2) is 5.28. The fourth-order valence-electron chi connectivity index (χ4n) is 3.67. The fourth-order valence-corrected chi connectivity index (χ4v) is 3.67. The smallest absolute Gasteiger partial charge is 0.270 e. The zero-order valence-electron chi connectivity index (χ0n) is 12.6. The minimum atomic E-state index is -0.0994.